The average molecular weight is 536 g/mol. The fraction of sp³-hybridized carbons (Fsp3) is 0.0417. The molecule has 4 N–H and O–H groups in total. The van der Waals surface area contributed by atoms with Crippen LogP contribution in [0.3, 0.4) is 0 Å². The molecule has 3 aromatic carbocycles. The topological polar surface area (TPSA) is 102 Å². The maximum atomic E-state index is 13.8. The standard InChI is InChI=1S/C24H15ClF5N5O2/c25-15-8-16(26)10-17(9-15)31-23(33-22(37)12-1-4-14(5-2-12)24(28,29)30)32-21-11-19(34-35-21)13-3-6-20(36)18(27)7-13/h1-11,36H,(H3,31,32,33,34,35,37). The highest BCUT2D eigenvalue weighted by Gasteiger charge is 2.30. The molecule has 0 aliphatic heterocycles. The van der Waals surface area contributed by atoms with Crippen molar-refractivity contribution in [3.05, 3.63) is 94.5 Å². The third-order valence-electron chi connectivity index (χ3n) is 4.87. The Labute approximate surface area is 210 Å². The van der Waals surface area contributed by atoms with Crippen LogP contribution >= 0.6 is 11.6 Å². The Balaban J connectivity index is 1.63. The van der Waals surface area contributed by atoms with Gasteiger partial charge in [-0.2, -0.15) is 23.3 Å². The van der Waals surface area contributed by atoms with Gasteiger partial charge in [-0.05, 0) is 60.7 Å². The van der Waals surface area contributed by atoms with Gasteiger partial charge in [0.05, 0.1) is 11.3 Å². The number of phenols is 1. The highest BCUT2D eigenvalue weighted by molar-refractivity contribution is 6.31. The molecule has 37 heavy (non-hydrogen) atoms. The van der Waals surface area contributed by atoms with Crippen LogP contribution in [-0.4, -0.2) is 27.2 Å². The number of carbonyl (C=O) groups is 1. The molecule has 4 rings (SSSR count). The number of hydrogen-bond donors (Lipinski definition) is 4. The van der Waals surface area contributed by atoms with Crippen LogP contribution < -0.4 is 10.6 Å². The Morgan fingerprint density at radius 1 is 0.973 bits per heavy atom. The predicted molar refractivity (Wildman–Crippen MR) is 128 cm³/mol. The van der Waals surface area contributed by atoms with Gasteiger partial charge in [0.1, 0.15) is 11.6 Å². The summed E-state index contributed by atoms with van der Waals surface area (Å²) in [7, 11) is 0. The molecule has 0 bridgehead atoms. The fourth-order valence-corrected chi connectivity index (χ4v) is 3.37. The fourth-order valence-electron chi connectivity index (χ4n) is 3.15. The zero-order valence-electron chi connectivity index (χ0n) is 18.4. The van der Waals surface area contributed by atoms with Gasteiger partial charge in [0.2, 0.25) is 5.96 Å². The van der Waals surface area contributed by atoms with E-state index in [9.17, 15) is 31.9 Å². The van der Waals surface area contributed by atoms with Crippen molar-refractivity contribution in [1.82, 2.24) is 10.2 Å². The number of aromatic amines is 1. The third-order valence-corrected chi connectivity index (χ3v) is 5.09. The highest BCUT2D eigenvalue weighted by Crippen LogP contribution is 2.29. The molecule has 0 aliphatic carbocycles. The second-order valence-corrected chi connectivity index (χ2v) is 8.02. The maximum Gasteiger partial charge on any atom is 0.416 e. The summed E-state index contributed by atoms with van der Waals surface area (Å²) >= 11 is 5.88. The number of guanidine groups is 1. The molecular weight excluding hydrogens is 521 g/mol. The number of aromatic nitrogens is 2. The minimum Gasteiger partial charge on any atom is -0.505 e. The van der Waals surface area contributed by atoms with Gasteiger partial charge in [0.15, 0.2) is 11.6 Å². The van der Waals surface area contributed by atoms with Crippen molar-refractivity contribution in [2.75, 3.05) is 10.6 Å². The van der Waals surface area contributed by atoms with Crippen LogP contribution in [0.5, 0.6) is 5.75 Å². The van der Waals surface area contributed by atoms with E-state index < -0.39 is 35.0 Å². The summed E-state index contributed by atoms with van der Waals surface area (Å²) in [5.74, 6) is -3.07. The number of anilines is 2. The lowest BCUT2D eigenvalue weighted by Gasteiger charge is -2.12. The zero-order valence-corrected chi connectivity index (χ0v) is 19.1. The Hall–Kier alpha value is -4.45. The number of alkyl halides is 3. The molecule has 0 saturated heterocycles. The van der Waals surface area contributed by atoms with Crippen LogP contribution in [-0.2, 0) is 6.18 Å². The van der Waals surface area contributed by atoms with E-state index in [0.29, 0.717) is 5.56 Å². The summed E-state index contributed by atoms with van der Waals surface area (Å²) < 4.78 is 66.0. The molecule has 0 radical (unpaired) electrons. The van der Waals surface area contributed by atoms with Crippen LogP contribution in [0.1, 0.15) is 15.9 Å². The molecular formula is C24H15ClF5N5O2. The summed E-state index contributed by atoms with van der Waals surface area (Å²) in [6, 6.07) is 12.0. The Kier molecular flexibility index (Phi) is 7.11. The molecule has 1 aromatic heterocycles. The number of hydrogen-bond acceptors (Lipinski definition) is 3. The number of halogens is 6. The van der Waals surface area contributed by atoms with Crippen molar-refractivity contribution in [2.45, 2.75) is 6.18 Å². The molecule has 0 fully saturated rings. The van der Waals surface area contributed by atoms with Crippen molar-refractivity contribution < 1.29 is 31.9 Å². The molecule has 0 unspecified atom stereocenters. The van der Waals surface area contributed by atoms with Crippen LogP contribution in [0.25, 0.3) is 11.3 Å². The first-order valence-electron chi connectivity index (χ1n) is 10.3. The van der Waals surface area contributed by atoms with Crippen molar-refractivity contribution in [1.29, 1.82) is 0 Å². The molecule has 1 amide bonds. The number of aliphatic imine (C=N–C) groups is 1. The largest absolute Gasteiger partial charge is 0.505 e. The number of rotatable bonds is 4. The van der Waals surface area contributed by atoms with E-state index in [0.717, 1.165) is 48.5 Å². The summed E-state index contributed by atoms with van der Waals surface area (Å²) in [6.45, 7) is 0. The van der Waals surface area contributed by atoms with Crippen LogP contribution in [0.15, 0.2) is 71.7 Å². The number of H-pyrrole nitrogens is 1. The monoisotopic (exact) mass is 535 g/mol. The summed E-state index contributed by atoms with van der Waals surface area (Å²) in [5, 5.41) is 21.5. The molecule has 0 atom stereocenters. The molecule has 0 saturated carbocycles. The van der Waals surface area contributed by atoms with Gasteiger partial charge < -0.3 is 15.7 Å². The van der Waals surface area contributed by atoms with E-state index in [1.165, 1.54) is 18.2 Å². The minimum absolute atomic E-state index is 0.0501. The third kappa shape index (κ3) is 6.41. The number of aromatic hydroxyl groups is 1. The van der Waals surface area contributed by atoms with Crippen LogP contribution in [0.4, 0.5) is 33.5 Å². The highest BCUT2D eigenvalue weighted by atomic mass is 35.5. The summed E-state index contributed by atoms with van der Waals surface area (Å²) in [4.78, 5) is 16.6. The van der Waals surface area contributed by atoms with E-state index in [1.807, 2.05) is 0 Å². The average Bonchev–Trinajstić information content (AvgIpc) is 3.28. The second kappa shape index (κ2) is 10.3. The first-order valence-corrected chi connectivity index (χ1v) is 10.7. The number of nitrogens with zero attached hydrogens (tertiary/aromatic N) is 2. The Morgan fingerprint density at radius 2 is 1.70 bits per heavy atom. The van der Waals surface area contributed by atoms with Gasteiger partial charge in [-0.1, -0.05) is 11.6 Å². The van der Waals surface area contributed by atoms with Crippen molar-refractivity contribution in [3.8, 4) is 17.0 Å². The second-order valence-electron chi connectivity index (χ2n) is 7.58. The van der Waals surface area contributed by atoms with E-state index in [1.54, 1.807) is 0 Å². The molecule has 7 nitrogen and oxygen atoms in total. The molecule has 1 heterocycles. The molecule has 4 aromatic rings. The minimum atomic E-state index is -4.57. The van der Waals surface area contributed by atoms with Gasteiger partial charge in [0, 0.05) is 27.9 Å². The van der Waals surface area contributed by atoms with E-state index >= 15 is 0 Å². The Bertz CT molecular complexity index is 1470. The van der Waals surface area contributed by atoms with Gasteiger partial charge in [-0.3, -0.25) is 9.89 Å². The lowest BCUT2D eigenvalue weighted by Crippen LogP contribution is -2.24. The maximum absolute atomic E-state index is 13.8. The number of amides is 1. The van der Waals surface area contributed by atoms with Crippen molar-refractivity contribution in [3.63, 3.8) is 0 Å². The quantitative estimate of drug-likeness (QED) is 0.137. The lowest BCUT2D eigenvalue weighted by atomic mass is 10.1. The number of phenolic OH excluding ortho intramolecular Hbond substituents is 1. The zero-order chi connectivity index (χ0) is 26.7. The lowest BCUT2D eigenvalue weighted by molar-refractivity contribution is -0.137. The molecule has 0 spiro atoms. The molecule has 13 heteroatoms. The number of nitrogens with one attached hydrogen (secondary N) is 3. The summed E-state index contributed by atoms with van der Waals surface area (Å²) in [6.07, 6.45) is -4.57. The van der Waals surface area contributed by atoms with E-state index in [-0.39, 0.29) is 33.7 Å². The van der Waals surface area contributed by atoms with Gasteiger partial charge in [-0.15, -0.1) is 0 Å². The Morgan fingerprint density at radius 3 is 2.35 bits per heavy atom. The predicted octanol–water partition coefficient (Wildman–Crippen LogP) is 6.45. The molecule has 0 aliphatic rings. The first-order chi connectivity index (χ1) is 17.5. The van der Waals surface area contributed by atoms with E-state index in [2.05, 4.69) is 25.8 Å². The normalized spacial score (nSPS) is 11.9. The first kappa shape index (κ1) is 25.6. The summed E-state index contributed by atoms with van der Waals surface area (Å²) in [5.41, 5.74) is -0.380. The van der Waals surface area contributed by atoms with E-state index in [4.69, 9.17) is 11.6 Å². The SMILES string of the molecule is O=C(/N=C(/Nc1cc(F)cc(Cl)c1)Nc1cc(-c2ccc(O)c(F)c2)n[nH]1)c1ccc(C(F)(F)F)cc1. The molecule has 190 valence electrons. The number of benzene rings is 3. The van der Waals surface area contributed by atoms with Crippen LogP contribution in [0, 0.1) is 11.6 Å². The smallest absolute Gasteiger partial charge is 0.416 e. The number of carbonyl (C=O) groups excluding carboxylic acids is 1. The van der Waals surface area contributed by atoms with Gasteiger partial charge >= 0.3 is 6.18 Å². The van der Waals surface area contributed by atoms with Crippen molar-refractivity contribution >= 4 is 35.0 Å². The van der Waals surface area contributed by atoms with Crippen molar-refractivity contribution in [2.24, 2.45) is 4.99 Å². The van der Waals surface area contributed by atoms with Gasteiger partial charge in [0.25, 0.3) is 5.91 Å². The van der Waals surface area contributed by atoms with Gasteiger partial charge in [-0.25, -0.2) is 8.78 Å². The van der Waals surface area contributed by atoms with Crippen LogP contribution in [0.2, 0.25) is 5.02 Å².